The summed E-state index contributed by atoms with van der Waals surface area (Å²) in [5.41, 5.74) is 3.20. The largest absolute Gasteiger partial charge is 0.506 e. The minimum Gasteiger partial charge on any atom is -0.506 e. The fourth-order valence-electron chi connectivity index (χ4n) is 2.91. The number of benzene rings is 1. The number of aliphatic hydroxyl groups is 1. The summed E-state index contributed by atoms with van der Waals surface area (Å²) in [7, 11) is 1.94. The number of nitrogens with one attached hydrogen (secondary N) is 1. The molecule has 1 atom stereocenters. The SMILES string of the molecule is Cn1c2c(c3cccc(O)c31)CCNC2CO. The molecule has 1 unspecified atom stereocenters. The molecule has 0 amide bonds. The molecule has 0 fully saturated rings. The van der Waals surface area contributed by atoms with Crippen LogP contribution in [0.25, 0.3) is 10.9 Å². The molecule has 4 heteroatoms. The number of hydrogen-bond donors (Lipinski definition) is 3. The molecule has 0 radical (unpaired) electrons. The number of aliphatic hydroxyl groups excluding tert-OH is 1. The van der Waals surface area contributed by atoms with Crippen LogP contribution in [0.2, 0.25) is 0 Å². The van der Waals surface area contributed by atoms with Gasteiger partial charge in [-0.3, -0.25) is 0 Å². The Bertz CT molecular complexity index is 574. The number of rotatable bonds is 1. The highest BCUT2D eigenvalue weighted by molar-refractivity contribution is 5.90. The minimum absolute atomic E-state index is 0.0319. The van der Waals surface area contributed by atoms with E-state index < -0.39 is 0 Å². The third-order valence-corrected chi connectivity index (χ3v) is 3.62. The monoisotopic (exact) mass is 232 g/mol. The van der Waals surface area contributed by atoms with E-state index in [-0.39, 0.29) is 12.6 Å². The van der Waals surface area contributed by atoms with Gasteiger partial charge >= 0.3 is 0 Å². The number of fused-ring (bicyclic) bond motifs is 3. The Morgan fingerprint density at radius 1 is 1.47 bits per heavy atom. The van der Waals surface area contributed by atoms with Gasteiger partial charge in [-0.2, -0.15) is 0 Å². The van der Waals surface area contributed by atoms with Gasteiger partial charge in [-0.25, -0.2) is 0 Å². The van der Waals surface area contributed by atoms with Crippen LogP contribution in [0, 0.1) is 0 Å². The second kappa shape index (κ2) is 3.75. The highest BCUT2D eigenvalue weighted by Crippen LogP contribution is 2.36. The van der Waals surface area contributed by atoms with Crippen LogP contribution in [0.15, 0.2) is 18.2 Å². The fourth-order valence-corrected chi connectivity index (χ4v) is 2.91. The standard InChI is InChI=1S/C13H16N2O2/c1-15-12-9(5-6-14-10(12)7-16)8-3-2-4-11(17)13(8)15/h2-4,10,14,16-17H,5-7H2,1H3. The summed E-state index contributed by atoms with van der Waals surface area (Å²) in [4.78, 5) is 0. The highest BCUT2D eigenvalue weighted by Gasteiger charge is 2.26. The van der Waals surface area contributed by atoms with Crippen LogP contribution >= 0.6 is 0 Å². The fraction of sp³-hybridized carbons (Fsp3) is 0.385. The van der Waals surface area contributed by atoms with Crippen LogP contribution in [0.5, 0.6) is 5.75 Å². The van der Waals surface area contributed by atoms with E-state index in [9.17, 15) is 10.2 Å². The molecule has 3 rings (SSSR count). The number of nitrogens with zero attached hydrogens (tertiary/aromatic N) is 1. The maximum atomic E-state index is 9.96. The lowest BCUT2D eigenvalue weighted by Gasteiger charge is -2.24. The van der Waals surface area contributed by atoms with Crippen molar-refractivity contribution in [2.24, 2.45) is 7.05 Å². The molecule has 1 aliphatic rings. The summed E-state index contributed by atoms with van der Waals surface area (Å²) in [6.07, 6.45) is 0.937. The van der Waals surface area contributed by atoms with Crippen molar-refractivity contribution < 1.29 is 10.2 Å². The van der Waals surface area contributed by atoms with Crippen LogP contribution in [0.4, 0.5) is 0 Å². The van der Waals surface area contributed by atoms with Crippen molar-refractivity contribution in [2.45, 2.75) is 12.5 Å². The van der Waals surface area contributed by atoms with Gasteiger partial charge in [-0.15, -0.1) is 0 Å². The Labute approximate surface area is 99.5 Å². The van der Waals surface area contributed by atoms with E-state index in [4.69, 9.17) is 0 Å². The molecule has 1 aromatic heterocycles. The number of phenolic OH excluding ortho intramolecular Hbond substituents is 1. The first-order valence-corrected chi connectivity index (χ1v) is 5.87. The second-order valence-electron chi connectivity index (χ2n) is 4.54. The first kappa shape index (κ1) is 10.6. The molecule has 0 saturated heterocycles. The van der Waals surface area contributed by atoms with Crippen molar-refractivity contribution in [3.63, 3.8) is 0 Å². The van der Waals surface area contributed by atoms with E-state index in [2.05, 4.69) is 5.32 Å². The predicted molar refractivity (Wildman–Crippen MR) is 66.1 cm³/mol. The van der Waals surface area contributed by atoms with Crippen LogP contribution in [0.1, 0.15) is 17.3 Å². The molecule has 2 aromatic rings. The van der Waals surface area contributed by atoms with Crippen LogP contribution < -0.4 is 5.32 Å². The van der Waals surface area contributed by atoms with Crippen molar-refractivity contribution in [3.05, 3.63) is 29.5 Å². The lowest BCUT2D eigenvalue weighted by Crippen LogP contribution is -2.33. The van der Waals surface area contributed by atoms with Crippen molar-refractivity contribution >= 4 is 10.9 Å². The van der Waals surface area contributed by atoms with E-state index in [1.807, 2.05) is 23.7 Å². The Morgan fingerprint density at radius 3 is 3.06 bits per heavy atom. The van der Waals surface area contributed by atoms with Gasteiger partial charge < -0.3 is 20.1 Å². The lowest BCUT2D eigenvalue weighted by atomic mass is 9.99. The number of aryl methyl sites for hydroxylation is 1. The highest BCUT2D eigenvalue weighted by atomic mass is 16.3. The van der Waals surface area contributed by atoms with Crippen molar-refractivity contribution in [1.29, 1.82) is 0 Å². The molecular formula is C13H16N2O2. The van der Waals surface area contributed by atoms with Gasteiger partial charge in [0.05, 0.1) is 18.2 Å². The van der Waals surface area contributed by atoms with Gasteiger partial charge in [-0.05, 0) is 24.6 Å². The summed E-state index contributed by atoms with van der Waals surface area (Å²) < 4.78 is 1.99. The molecule has 0 aliphatic carbocycles. The Balaban J connectivity index is 2.37. The van der Waals surface area contributed by atoms with Crippen molar-refractivity contribution in [2.75, 3.05) is 13.2 Å². The molecule has 1 aromatic carbocycles. The zero-order chi connectivity index (χ0) is 12.0. The number of para-hydroxylation sites is 1. The van der Waals surface area contributed by atoms with Gasteiger partial charge in [-0.1, -0.05) is 12.1 Å². The van der Waals surface area contributed by atoms with E-state index in [0.29, 0.717) is 5.75 Å². The average molecular weight is 232 g/mol. The number of phenols is 1. The molecule has 0 bridgehead atoms. The summed E-state index contributed by atoms with van der Waals surface area (Å²) in [5, 5.41) is 23.8. The Morgan fingerprint density at radius 2 is 2.29 bits per heavy atom. The Hall–Kier alpha value is -1.52. The normalized spacial score (nSPS) is 19.5. The van der Waals surface area contributed by atoms with E-state index in [0.717, 1.165) is 29.6 Å². The summed E-state index contributed by atoms with van der Waals surface area (Å²) >= 11 is 0. The van der Waals surface area contributed by atoms with Gasteiger partial charge in [0.2, 0.25) is 0 Å². The predicted octanol–water partition coefficient (Wildman–Crippen LogP) is 1.06. The topological polar surface area (TPSA) is 57.4 Å². The summed E-state index contributed by atoms with van der Waals surface area (Å²) in [6, 6.07) is 5.58. The maximum Gasteiger partial charge on any atom is 0.139 e. The first-order valence-electron chi connectivity index (χ1n) is 5.87. The number of aromatic nitrogens is 1. The second-order valence-corrected chi connectivity index (χ2v) is 4.54. The maximum absolute atomic E-state index is 9.96. The van der Waals surface area contributed by atoms with Crippen molar-refractivity contribution in [3.8, 4) is 5.75 Å². The zero-order valence-corrected chi connectivity index (χ0v) is 9.77. The van der Waals surface area contributed by atoms with Gasteiger partial charge in [0, 0.05) is 18.1 Å². The molecule has 0 saturated carbocycles. The van der Waals surface area contributed by atoms with Gasteiger partial charge in [0.1, 0.15) is 5.75 Å². The van der Waals surface area contributed by atoms with Crippen LogP contribution in [-0.2, 0) is 13.5 Å². The smallest absolute Gasteiger partial charge is 0.139 e. The number of hydrogen-bond acceptors (Lipinski definition) is 3. The van der Waals surface area contributed by atoms with Gasteiger partial charge in [0.25, 0.3) is 0 Å². The molecule has 3 N–H and O–H groups in total. The summed E-state index contributed by atoms with van der Waals surface area (Å²) in [6.45, 7) is 0.949. The first-order chi connectivity index (χ1) is 8.24. The molecule has 1 aliphatic heterocycles. The van der Waals surface area contributed by atoms with Crippen molar-refractivity contribution in [1.82, 2.24) is 9.88 Å². The lowest BCUT2D eigenvalue weighted by molar-refractivity contribution is 0.235. The van der Waals surface area contributed by atoms with E-state index in [1.165, 1.54) is 5.56 Å². The molecule has 0 spiro atoms. The molecule has 4 nitrogen and oxygen atoms in total. The summed E-state index contributed by atoms with van der Waals surface area (Å²) in [5.74, 6) is 0.302. The quantitative estimate of drug-likeness (QED) is 0.689. The van der Waals surface area contributed by atoms with Gasteiger partial charge in [0.15, 0.2) is 0 Å². The van der Waals surface area contributed by atoms with Crippen LogP contribution in [-0.4, -0.2) is 27.9 Å². The van der Waals surface area contributed by atoms with E-state index in [1.54, 1.807) is 6.07 Å². The molecular weight excluding hydrogens is 216 g/mol. The molecule has 17 heavy (non-hydrogen) atoms. The third kappa shape index (κ3) is 1.38. The average Bonchev–Trinajstić information content (AvgIpc) is 2.65. The Kier molecular flexibility index (Phi) is 2.34. The minimum atomic E-state index is -0.0319. The molecule has 90 valence electrons. The molecule has 2 heterocycles. The van der Waals surface area contributed by atoms with Crippen LogP contribution in [0.3, 0.4) is 0 Å². The van der Waals surface area contributed by atoms with E-state index >= 15 is 0 Å². The zero-order valence-electron chi connectivity index (χ0n) is 9.77. The number of aromatic hydroxyl groups is 1. The third-order valence-electron chi connectivity index (χ3n) is 3.62.